The molecule has 180 valence electrons. The van der Waals surface area contributed by atoms with Crippen LogP contribution in [-0.4, -0.2) is 95.4 Å². The summed E-state index contributed by atoms with van der Waals surface area (Å²) in [6.07, 6.45) is -5.61. The van der Waals surface area contributed by atoms with E-state index in [9.17, 15) is 29.5 Å². The number of fused-ring (bicyclic) bond motifs is 1. The molecule has 6 N–H and O–H groups in total. The summed E-state index contributed by atoms with van der Waals surface area (Å²) >= 11 is 0. The van der Waals surface area contributed by atoms with Crippen LogP contribution in [0.4, 0.5) is 10.6 Å². The zero-order valence-corrected chi connectivity index (χ0v) is 17.9. The van der Waals surface area contributed by atoms with Crippen LogP contribution in [0.25, 0.3) is 11.2 Å². The number of aliphatic hydroxyl groups excluding tert-OH is 3. The quantitative estimate of drug-likeness (QED) is 0.257. The Balaban J connectivity index is 1.58. The highest BCUT2D eigenvalue weighted by molar-refractivity contribution is 7.54. The minimum atomic E-state index is -4.39. The molecule has 2 aromatic rings. The van der Waals surface area contributed by atoms with E-state index in [1.807, 2.05) is 0 Å². The van der Waals surface area contributed by atoms with Gasteiger partial charge in [0.15, 0.2) is 35.2 Å². The molecule has 0 bridgehead atoms. The molecular formula is C16H21N6O10P. The number of aliphatic carboxylic acids is 1. The number of rotatable bonds is 6. The second kappa shape index (κ2) is 8.90. The van der Waals surface area contributed by atoms with E-state index >= 15 is 0 Å². The molecule has 2 aliphatic rings. The Morgan fingerprint density at radius 2 is 2.06 bits per heavy atom. The Hall–Kier alpha value is -2.72. The van der Waals surface area contributed by atoms with Crippen LogP contribution in [0.1, 0.15) is 13.2 Å². The molecule has 3 unspecified atom stereocenters. The maximum Gasteiger partial charge on any atom is 0.362 e. The van der Waals surface area contributed by atoms with Crippen LogP contribution in [0.3, 0.4) is 0 Å². The van der Waals surface area contributed by atoms with Crippen LogP contribution in [0.2, 0.25) is 0 Å². The summed E-state index contributed by atoms with van der Waals surface area (Å²) in [4.78, 5) is 35.0. The highest BCUT2D eigenvalue weighted by Gasteiger charge is 2.56. The van der Waals surface area contributed by atoms with Crippen LogP contribution >= 0.6 is 7.60 Å². The summed E-state index contributed by atoms with van der Waals surface area (Å²) in [5, 5.41) is 45.5. The number of amides is 2. The largest absolute Gasteiger partial charge is 0.479 e. The number of carboxylic acid groups (broad SMARTS) is 1. The first kappa shape index (κ1) is 23.4. The number of anilines is 1. The molecule has 17 heteroatoms. The van der Waals surface area contributed by atoms with Crippen molar-refractivity contribution >= 4 is 36.6 Å². The zero-order chi connectivity index (χ0) is 23.9. The van der Waals surface area contributed by atoms with Gasteiger partial charge in [0.05, 0.1) is 12.9 Å². The van der Waals surface area contributed by atoms with Crippen LogP contribution in [-0.2, 0) is 23.1 Å². The van der Waals surface area contributed by atoms with Gasteiger partial charge in [-0.15, -0.1) is 0 Å². The fourth-order valence-corrected chi connectivity index (χ4v) is 5.24. The number of hydrogen-bond acceptors (Lipinski definition) is 12. The van der Waals surface area contributed by atoms with Crippen LogP contribution in [0.5, 0.6) is 0 Å². The molecular weight excluding hydrogens is 467 g/mol. The molecule has 2 fully saturated rings. The minimum Gasteiger partial charge on any atom is -0.479 e. The van der Waals surface area contributed by atoms with Gasteiger partial charge in [0.1, 0.15) is 24.6 Å². The van der Waals surface area contributed by atoms with Crippen molar-refractivity contribution in [2.75, 3.05) is 18.5 Å². The molecule has 0 spiro atoms. The molecule has 2 saturated heterocycles. The second-order valence-electron chi connectivity index (χ2n) is 7.18. The number of nitrogens with one attached hydrogen (secondary N) is 2. The molecule has 33 heavy (non-hydrogen) atoms. The number of urea groups is 1. The average Bonchev–Trinajstić information content (AvgIpc) is 3.46. The van der Waals surface area contributed by atoms with E-state index in [1.54, 1.807) is 6.92 Å². The number of aromatic nitrogens is 4. The Kier molecular flexibility index (Phi) is 6.32. The third-order valence-corrected chi connectivity index (χ3v) is 7.05. The van der Waals surface area contributed by atoms with Gasteiger partial charge in [0.2, 0.25) is 0 Å². The molecule has 7 atom stereocenters. The molecule has 0 radical (unpaired) electrons. The smallest absolute Gasteiger partial charge is 0.362 e. The molecule has 2 amide bonds. The van der Waals surface area contributed by atoms with Gasteiger partial charge >= 0.3 is 19.6 Å². The van der Waals surface area contributed by atoms with Gasteiger partial charge in [-0.3, -0.25) is 19.0 Å². The Morgan fingerprint density at radius 3 is 2.73 bits per heavy atom. The first-order chi connectivity index (χ1) is 15.7. The molecule has 2 aromatic heterocycles. The van der Waals surface area contributed by atoms with E-state index in [0.717, 1.165) is 6.33 Å². The van der Waals surface area contributed by atoms with E-state index in [4.69, 9.17) is 18.9 Å². The van der Waals surface area contributed by atoms with Gasteiger partial charge in [-0.1, -0.05) is 0 Å². The third kappa shape index (κ3) is 4.17. The first-order valence-corrected chi connectivity index (χ1v) is 11.3. The van der Waals surface area contributed by atoms with Gasteiger partial charge < -0.3 is 35.0 Å². The lowest BCUT2D eigenvalue weighted by Crippen LogP contribution is -2.38. The molecule has 16 nitrogen and oxygen atoms in total. The number of imidazole rings is 1. The van der Waals surface area contributed by atoms with Crippen molar-refractivity contribution in [1.82, 2.24) is 24.8 Å². The number of carboxylic acids is 1. The number of ether oxygens (including phenoxy) is 1. The number of hydrogen-bond donors (Lipinski definition) is 6. The molecule has 0 aromatic carbocycles. The third-order valence-electron chi connectivity index (χ3n) is 5.05. The predicted molar refractivity (Wildman–Crippen MR) is 106 cm³/mol. The fourth-order valence-electron chi connectivity index (χ4n) is 3.45. The topological polar surface area (TPSA) is 227 Å². The normalized spacial score (nSPS) is 32.7. The van der Waals surface area contributed by atoms with Gasteiger partial charge in [0.25, 0.3) is 0 Å². The molecule has 0 aliphatic carbocycles. The highest BCUT2D eigenvalue weighted by atomic mass is 31.2. The minimum absolute atomic E-state index is 0.0752. The second-order valence-corrected chi connectivity index (χ2v) is 9.26. The Labute approximate surface area is 185 Å². The summed E-state index contributed by atoms with van der Waals surface area (Å²) in [5.41, 5.74) is 0.270. The van der Waals surface area contributed by atoms with Crippen LogP contribution in [0.15, 0.2) is 12.7 Å². The number of carbonyl (C=O) groups excluding carboxylic acids is 1. The molecule has 2 aliphatic heterocycles. The van der Waals surface area contributed by atoms with Gasteiger partial charge in [-0.25, -0.2) is 24.5 Å². The van der Waals surface area contributed by atoms with E-state index in [0.29, 0.717) is 6.54 Å². The lowest BCUT2D eigenvalue weighted by atomic mass is 10.1. The van der Waals surface area contributed by atoms with Crippen LogP contribution in [0, 0.1) is 0 Å². The highest BCUT2D eigenvalue weighted by Crippen LogP contribution is 2.59. The standard InChI is InChI=1S/C16H21N6O10P/c1-2-17-16(28)21-11-7-12(19-4-18-11)22(5-20-7)13-9(24)8(23)10(31-13)15(27)33(29)30-3-6(32-33)14(25)26/h4-6,8-10,13,15,23-24,27H,2-3H2,1H3,(H,25,26)(H2,17,18,19,21,28)/t6?,8-,9+,10-,13+,15?,33?/m0/s1. The first-order valence-electron chi connectivity index (χ1n) is 9.73. The SMILES string of the molecule is CCNC(=O)Nc1ncnc2c1ncn2[C@@H]1O[C@H](C(O)P2(=O)OCC(C(=O)O)O2)[C@@H](O)[C@H]1O. The lowest BCUT2D eigenvalue weighted by Gasteiger charge is -2.24. The number of aliphatic hydroxyl groups is 3. The van der Waals surface area contributed by atoms with Crippen LogP contribution < -0.4 is 10.6 Å². The molecule has 4 heterocycles. The monoisotopic (exact) mass is 488 g/mol. The lowest BCUT2D eigenvalue weighted by molar-refractivity contribution is -0.144. The number of carbonyl (C=O) groups is 2. The van der Waals surface area contributed by atoms with Crippen molar-refractivity contribution in [2.24, 2.45) is 0 Å². The summed E-state index contributed by atoms with van der Waals surface area (Å²) in [7, 11) is -4.39. The Bertz CT molecular complexity index is 1110. The maximum atomic E-state index is 12.8. The maximum absolute atomic E-state index is 12.8. The number of nitrogens with zero attached hydrogens (tertiary/aromatic N) is 4. The van der Waals surface area contributed by atoms with Crippen molar-refractivity contribution < 1.29 is 48.4 Å². The van der Waals surface area contributed by atoms with E-state index in [1.165, 1.54) is 10.9 Å². The predicted octanol–water partition coefficient (Wildman–Crippen LogP) is -1.40. The summed E-state index contributed by atoms with van der Waals surface area (Å²) < 4.78 is 29.3. The van der Waals surface area contributed by atoms with Crippen molar-refractivity contribution in [3.8, 4) is 0 Å². The van der Waals surface area contributed by atoms with Crippen molar-refractivity contribution in [2.45, 2.75) is 43.4 Å². The van der Waals surface area contributed by atoms with E-state index in [-0.39, 0.29) is 17.0 Å². The molecule has 4 rings (SSSR count). The van der Waals surface area contributed by atoms with E-state index in [2.05, 4.69) is 25.6 Å². The van der Waals surface area contributed by atoms with Gasteiger partial charge in [-0.05, 0) is 6.92 Å². The molecule has 0 saturated carbocycles. The summed E-state index contributed by atoms with van der Waals surface area (Å²) in [5.74, 6) is -3.45. The van der Waals surface area contributed by atoms with Crippen molar-refractivity contribution in [1.29, 1.82) is 0 Å². The average molecular weight is 488 g/mol. The van der Waals surface area contributed by atoms with Crippen molar-refractivity contribution in [3.63, 3.8) is 0 Å². The fraction of sp³-hybridized carbons (Fsp3) is 0.562. The van der Waals surface area contributed by atoms with Gasteiger partial charge in [-0.2, -0.15) is 0 Å². The van der Waals surface area contributed by atoms with Gasteiger partial charge in [0, 0.05) is 6.54 Å². The summed E-state index contributed by atoms with van der Waals surface area (Å²) in [6.45, 7) is 1.54. The van der Waals surface area contributed by atoms with E-state index < -0.39 is 62.7 Å². The Morgan fingerprint density at radius 1 is 1.30 bits per heavy atom. The zero-order valence-electron chi connectivity index (χ0n) is 17.0. The summed E-state index contributed by atoms with van der Waals surface area (Å²) in [6, 6.07) is -0.524. The van der Waals surface area contributed by atoms with Crippen molar-refractivity contribution in [3.05, 3.63) is 12.7 Å².